The smallest absolute Gasteiger partial charge is 0.491 e. The molecule has 0 saturated carbocycles. The SMILES string of the molecule is CCC(CC)Oc1cccc([B-](F)(F)F)c1.[K+]. The molecule has 0 unspecified atom stereocenters. The van der Waals surface area contributed by atoms with Crippen molar-refractivity contribution in [3.05, 3.63) is 24.3 Å². The van der Waals surface area contributed by atoms with Crippen LogP contribution in [0.25, 0.3) is 0 Å². The molecule has 0 heterocycles. The van der Waals surface area contributed by atoms with Gasteiger partial charge in [0.2, 0.25) is 0 Å². The molecule has 90 valence electrons. The normalized spacial score (nSPS) is 11.2. The van der Waals surface area contributed by atoms with E-state index in [1.165, 1.54) is 6.07 Å². The largest absolute Gasteiger partial charge is 1.00 e. The molecule has 0 amide bonds. The van der Waals surface area contributed by atoms with Crippen LogP contribution < -0.4 is 61.6 Å². The first-order valence-electron chi connectivity index (χ1n) is 5.44. The van der Waals surface area contributed by atoms with Crippen molar-refractivity contribution in [2.24, 2.45) is 0 Å². The maximum atomic E-state index is 12.5. The molecule has 0 saturated heterocycles. The Morgan fingerprint density at radius 3 is 2.24 bits per heavy atom. The fourth-order valence-electron chi connectivity index (χ4n) is 1.44. The van der Waals surface area contributed by atoms with E-state index in [-0.39, 0.29) is 57.5 Å². The van der Waals surface area contributed by atoms with E-state index in [4.69, 9.17) is 4.74 Å². The molecule has 0 radical (unpaired) electrons. The van der Waals surface area contributed by atoms with E-state index in [0.29, 0.717) is 5.75 Å². The predicted molar refractivity (Wildman–Crippen MR) is 60.2 cm³/mol. The molecule has 0 bridgehead atoms. The zero-order valence-electron chi connectivity index (χ0n) is 10.4. The minimum Gasteiger partial charge on any atom is -0.491 e. The Labute approximate surface area is 143 Å². The van der Waals surface area contributed by atoms with Crippen LogP contribution in [0.4, 0.5) is 12.9 Å². The Balaban J connectivity index is 0.00000256. The second kappa shape index (κ2) is 7.84. The van der Waals surface area contributed by atoms with E-state index in [1.807, 2.05) is 13.8 Å². The average molecular weight is 270 g/mol. The minimum atomic E-state index is -4.94. The van der Waals surface area contributed by atoms with Gasteiger partial charge in [-0.05, 0) is 25.0 Å². The van der Waals surface area contributed by atoms with Crippen LogP contribution >= 0.6 is 0 Å². The number of halogens is 3. The third-order valence-corrected chi connectivity index (χ3v) is 2.45. The average Bonchev–Trinajstić information content (AvgIpc) is 2.25. The topological polar surface area (TPSA) is 9.23 Å². The zero-order valence-corrected chi connectivity index (χ0v) is 13.5. The molecular weight excluding hydrogens is 255 g/mol. The summed E-state index contributed by atoms with van der Waals surface area (Å²) in [5, 5.41) is 0. The van der Waals surface area contributed by atoms with Gasteiger partial charge in [0, 0.05) is 0 Å². The van der Waals surface area contributed by atoms with Crippen molar-refractivity contribution >= 4 is 12.4 Å². The Morgan fingerprint density at radius 1 is 1.18 bits per heavy atom. The van der Waals surface area contributed by atoms with E-state index >= 15 is 0 Å². The number of ether oxygens (including phenoxy) is 1. The summed E-state index contributed by atoms with van der Waals surface area (Å²) in [5.74, 6) is 0.297. The molecule has 1 aromatic rings. The molecule has 0 atom stereocenters. The molecule has 0 aromatic heterocycles. The van der Waals surface area contributed by atoms with Crippen molar-refractivity contribution in [1.82, 2.24) is 0 Å². The Hall–Kier alpha value is 0.511. The number of hydrogen-bond donors (Lipinski definition) is 0. The van der Waals surface area contributed by atoms with Crippen molar-refractivity contribution in [1.29, 1.82) is 0 Å². The maximum Gasteiger partial charge on any atom is 1.00 e. The van der Waals surface area contributed by atoms with E-state index in [9.17, 15) is 12.9 Å². The number of benzene rings is 1. The van der Waals surface area contributed by atoms with Crippen LogP contribution in [-0.2, 0) is 0 Å². The van der Waals surface area contributed by atoms with Gasteiger partial charge in [0.15, 0.2) is 0 Å². The fraction of sp³-hybridized carbons (Fsp3) is 0.455. The monoisotopic (exact) mass is 270 g/mol. The standard InChI is InChI=1S/C11H15BF3O.K/c1-3-10(4-2)16-11-7-5-6-9(8-11)12(13,14)15;/h5-8,10H,3-4H2,1-2H3;/q-1;+1. The summed E-state index contributed by atoms with van der Waals surface area (Å²) in [6, 6.07) is 5.07. The van der Waals surface area contributed by atoms with Gasteiger partial charge in [-0.15, -0.1) is 5.46 Å². The minimum absolute atomic E-state index is 0. The molecule has 0 aliphatic carbocycles. The van der Waals surface area contributed by atoms with Crippen LogP contribution in [0, 0.1) is 0 Å². The van der Waals surface area contributed by atoms with Crippen molar-refractivity contribution < 1.29 is 69.1 Å². The van der Waals surface area contributed by atoms with Gasteiger partial charge in [-0.2, -0.15) is 0 Å². The van der Waals surface area contributed by atoms with Gasteiger partial charge in [-0.25, -0.2) is 0 Å². The Morgan fingerprint density at radius 2 is 1.76 bits per heavy atom. The van der Waals surface area contributed by atoms with E-state index in [2.05, 4.69) is 0 Å². The van der Waals surface area contributed by atoms with Gasteiger partial charge in [-0.1, -0.05) is 26.0 Å². The molecule has 0 aliphatic rings. The summed E-state index contributed by atoms with van der Waals surface area (Å²) >= 11 is 0. The number of hydrogen-bond acceptors (Lipinski definition) is 1. The summed E-state index contributed by atoms with van der Waals surface area (Å²) in [7, 11) is 0. The fourth-order valence-corrected chi connectivity index (χ4v) is 1.44. The van der Waals surface area contributed by atoms with Gasteiger partial charge >= 0.3 is 58.4 Å². The van der Waals surface area contributed by atoms with Crippen molar-refractivity contribution in [3.63, 3.8) is 0 Å². The zero-order chi connectivity index (χ0) is 12.2. The van der Waals surface area contributed by atoms with Crippen LogP contribution in [0.2, 0.25) is 0 Å². The van der Waals surface area contributed by atoms with Gasteiger partial charge in [-0.3, -0.25) is 0 Å². The first kappa shape index (κ1) is 17.5. The number of rotatable bonds is 5. The molecule has 1 aromatic carbocycles. The third-order valence-electron chi connectivity index (χ3n) is 2.45. The molecule has 0 spiro atoms. The van der Waals surface area contributed by atoms with Gasteiger partial charge < -0.3 is 17.7 Å². The van der Waals surface area contributed by atoms with Crippen LogP contribution in [0.15, 0.2) is 24.3 Å². The van der Waals surface area contributed by atoms with Crippen LogP contribution in [0.5, 0.6) is 5.75 Å². The molecular formula is C11H15BF3KO. The summed E-state index contributed by atoms with van der Waals surface area (Å²) in [6.07, 6.45) is 1.56. The summed E-state index contributed by atoms with van der Waals surface area (Å²) in [4.78, 5) is 0. The Kier molecular flexibility index (Phi) is 8.08. The summed E-state index contributed by atoms with van der Waals surface area (Å²) in [6.45, 7) is -1.04. The molecule has 0 fully saturated rings. The molecule has 17 heavy (non-hydrogen) atoms. The summed E-state index contributed by atoms with van der Waals surface area (Å²) in [5.41, 5.74) is -0.608. The quantitative estimate of drug-likeness (QED) is 0.700. The van der Waals surface area contributed by atoms with E-state index in [1.54, 1.807) is 6.07 Å². The molecule has 1 nitrogen and oxygen atoms in total. The third kappa shape index (κ3) is 5.79. The molecule has 6 heteroatoms. The first-order valence-corrected chi connectivity index (χ1v) is 5.44. The maximum absolute atomic E-state index is 12.5. The van der Waals surface area contributed by atoms with E-state index < -0.39 is 12.4 Å². The summed E-state index contributed by atoms with van der Waals surface area (Å²) < 4.78 is 42.9. The van der Waals surface area contributed by atoms with Crippen LogP contribution in [0.3, 0.4) is 0 Å². The van der Waals surface area contributed by atoms with Gasteiger partial charge in [0.05, 0.1) is 6.10 Å². The molecule has 0 N–H and O–H groups in total. The van der Waals surface area contributed by atoms with E-state index in [0.717, 1.165) is 25.0 Å². The molecule has 1 rings (SSSR count). The molecule has 0 aliphatic heterocycles. The van der Waals surface area contributed by atoms with Gasteiger partial charge in [0.1, 0.15) is 5.75 Å². The van der Waals surface area contributed by atoms with Crippen molar-refractivity contribution in [3.8, 4) is 5.75 Å². The Bertz CT molecular complexity index is 340. The first-order chi connectivity index (χ1) is 7.47. The predicted octanol–water partition coefficient (Wildman–Crippen LogP) is 0.312. The van der Waals surface area contributed by atoms with Gasteiger partial charge in [0.25, 0.3) is 0 Å². The van der Waals surface area contributed by atoms with Crippen LogP contribution in [-0.4, -0.2) is 13.1 Å². The van der Waals surface area contributed by atoms with Crippen LogP contribution in [0.1, 0.15) is 26.7 Å². The second-order valence-electron chi connectivity index (χ2n) is 3.70. The van der Waals surface area contributed by atoms with Crippen molar-refractivity contribution in [2.75, 3.05) is 0 Å². The second-order valence-corrected chi connectivity index (χ2v) is 3.70. The van der Waals surface area contributed by atoms with Crippen molar-refractivity contribution in [2.45, 2.75) is 32.8 Å².